The van der Waals surface area contributed by atoms with Gasteiger partial charge < -0.3 is 9.42 Å². The fraction of sp³-hybridized carbons (Fsp3) is 0.524. The van der Waals surface area contributed by atoms with Gasteiger partial charge in [-0.2, -0.15) is 0 Å². The number of hydrazine groups is 1. The molecule has 27 heavy (non-hydrogen) atoms. The van der Waals surface area contributed by atoms with Crippen molar-refractivity contribution in [3.05, 3.63) is 53.4 Å². The maximum atomic E-state index is 12.9. The average Bonchev–Trinajstić information content (AvgIpc) is 3.38. The van der Waals surface area contributed by atoms with Gasteiger partial charge in [0.1, 0.15) is 0 Å². The van der Waals surface area contributed by atoms with Crippen molar-refractivity contribution >= 4 is 5.91 Å². The largest absolute Gasteiger partial charge is 0.351 e. The van der Waals surface area contributed by atoms with E-state index in [0.29, 0.717) is 23.6 Å². The fourth-order valence-corrected chi connectivity index (χ4v) is 4.29. The lowest BCUT2D eigenvalue weighted by atomic mass is 9.81. The van der Waals surface area contributed by atoms with E-state index in [0.717, 1.165) is 38.2 Å². The van der Waals surface area contributed by atoms with Crippen molar-refractivity contribution in [1.82, 2.24) is 20.9 Å². The number of nitrogens with one attached hydrogen (secondary N) is 2. The van der Waals surface area contributed by atoms with Crippen LogP contribution in [0.2, 0.25) is 0 Å². The highest BCUT2D eigenvalue weighted by Gasteiger charge is 2.38. The summed E-state index contributed by atoms with van der Waals surface area (Å²) in [4.78, 5) is 14.8. The number of piperidine rings is 1. The van der Waals surface area contributed by atoms with E-state index in [1.165, 1.54) is 5.56 Å². The summed E-state index contributed by atoms with van der Waals surface area (Å²) in [5, 5.41) is 4.03. The lowest BCUT2D eigenvalue weighted by molar-refractivity contribution is 0.0603. The van der Waals surface area contributed by atoms with Gasteiger partial charge in [0.25, 0.3) is 5.91 Å². The lowest BCUT2D eigenvalue weighted by Gasteiger charge is -2.37. The molecular weight excluding hydrogens is 340 g/mol. The highest BCUT2D eigenvalue weighted by molar-refractivity contribution is 5.91. The van der Waals surface area contributed by atoms with Crippen molar-refractivity contribution in [3.63, 3.8) is 0 Å². The zero-order valence-electron chi connectivity index (χ0n) is 16.0. The highest BCUT2D eigenvalue weighted by atomic mass is 16.5. The van der Waals surface area contributed by atoms with Crippen molar-refractivity contribution in [3.8, 4) is 0 Å². The molecule has 0 bridgehead atoms. The van der Waals surface area contributed by atoms with Gasteiger partial charge in [0.2, 0.25) is 5.76 Å². The van der Waals surface area contributed by atoms with Crippen LogP contribution >= 0.6 is 0 Å². The van der Waals surface area contributed by atoms with Gasteiger partial charge in [-0.1, -0.05) is 49.3 Å². The molecule has 2 aromatic rings. The van der Waals surface area contributed by atoms with E-state index in [1.807, 2.05) is 18.7 Å². The zero-order chi connectivity index (χ0) is 18.8. The minimum atomic E-state index is -0.0404. The monoisotopic (exact) mass is 368 g/mol. The van der Waals surface area contributed by atoms with Crippen LogP contribution in [0.4, 0.5) is 0 Å². The zero-order valence-corrected chi connectivity index (χ0v) is 16.0. The molecule has 2 aliphatic rings. The number of aromatic nitrogens is 1. The summed E-state index contributed by atoms with van der Waals surface area (Å²) in [7, 11) is 0. The molecule has 0 saturated carbocycles. The standard InChI is InChI=1S/C21H28N4O2/c1-14(2)18-11-19(27-24-18)21(26)25-10-6-9-16(13-25)20-17(12-22-23-20)15-7-4-3-5-8-15/h3-5,7-8,11,14,16-17,20,22-23H,6,9-10,12-13H2,1-2H3. The number of benzene rings is 1. The number of carbonyl (C=O) groups excluding carboxylic acids is 1. The van der Waals surface area contributed by atoms with Gasteiger partial charge >= 0.3 is 0 Å². The Morgan fingerprint density at radius 2 is 2.11 bits per heavy atom. The molecule has 6 nitrogen and oxygen atoms in total. The van der Waals surface area contributed by atoms with E-state index in [1.54, 1.807) is 6.07 Å². The molecule has 1 amide bonds. The van der Waals surface area contributed by atoms with Crippen LogP contribution in [0.5, 0.6) is 0 Å². The van der Waals surface area contributed by atoms with Gasteiger partial charge in [-0.25, -0.2) is 0 Å². The minimum Gasteiger partial charge on any atom is -0.351 e. The van der Waals surface area contributed by atoms with E-state index in [9.17, 15) is 4.79 Å². The Morgan fingerprint density at radius 3 is 2.85 bits per heavy atom. The number of rotatable bonds is 4. The number of carbonyl (C=O) groups is 1. The molecule has 4 rings (SSSR count). The number of likely N-dealkylation sites (tertiary alicyclic amines) is 1. The van der Waals surface area contributed by atoms with E-state index in [4.69, 9.17) is 4.52 Å². The van der Waals surface area contributed by atoms with Gasteiger partial charge in [0, 0.05) is 37.7 Å². The second-order valence-electron chi connectivity index (χ2n) is 7.99. The summed E-state index contributed by atoms with van der Waals surface area (Å²) >= 11 is 0. The summed E-state index contributed by atoms with van der Waals surface area (Å²) in [6.45, 7) is 6.54. The molecule has 2 fully saturated rings. The SMILES string of the molecule is CC(C)c1cc(C(=O)N2CCCC(C3NNCC3c3ccccc3)C2)on1. The predicted molar refractivity (Wildman–Crippen MR) is 103 cm³/mol. The third-order valence-electron chi connectivity index (χ3n) is 5.84. The Morgan fingerprint density at radius 1 is 1.30 bits per heavy atom. The molecule has 0 radical (unpaired) electrons. The molecule has 3 heterocycles. The molecule has 2 saturated heterocycles. The van der Waals surface area contributed by atoms with E-state index >= 15 is 0 Å². The summed E-state index contributed by atoms with van der Waals surface area (Å²) < 4.78 is 5.32. The normalized spacial score (nSPS) is 25.9. The van der Waals surface area contributed by atoms with E-state index in [-0.39, 0.29) is 11.8 Å². The highest BCUT2D eigenvalue weighted by Crippen LogP contribution is 2.32. The summed E-state index contributed by atoms with van der Waals surface area (Å²) in [5.41, 5.74) is 8.98. The molecule has 6 heteroatoms. The third-order valence-corrected chi connectivity index (χ3v) is 5.84. The van der Waals surface area contributed by atoms with Crippen LogP contribution in [0.25, 0.3) is 0 Å². The van der Waals surface area contributed by atoms with Crippen molar-refractivity contribution in [2.75, 3.05) is 19.6 Å². The second kappa shape index (κ2) is 7.82. The molecule has 2 aliphatic heterocycles. The van der Waals surface area contributed by atoms with Gasteiger partial charge in [0.15, 0.2) is 0 Å². The Kier molecular flexibility index (Phi) is 5.27. The van der Waals surface area contributed by atoms with Gasteiger partial charge in [-0.3, -0.25) is 15.6 Å². The maximum absolute atomic E-state index is 12.9. The molecule has 1 aromatic heterocycles. The molecule has 0 spiro atoms. The van der Waals surface area contributed by atoms with Crippen LogP contribution in [0.1, 0.15) is 60.3 Å². The third kappa shape index (κ3) is 3.77. The molecular formula is C21H28N4O2. The topological polar surface area (TPSA) is 70.4 Å². The van der Waals surface area contributed by atoms with Gasteiger partial charge in [0.05, 0.1) is 5.69 Å². The molecule has 2 N–H and O–H groups in total. The predicted octanol–water partition coefficient (Wildman–Crippen LogP) is 2.91. The van der Waals surface area contributed by atoms with Gasteiger partial charge in [-0.15, -0.1) is 0 Å². The quantitative estimate of drug-likeness (QED) is 0.868. The fourth-order valence-electron chi connectivity index (χ4n) is 4.29. The van der Waals surface area contributed by atoms with Crippen molar-refractivity contribution in [1.29, 1.82) is 0 Å². The first-order valence-corrected chi connectivity index (χ1v) is 9.92. The number of hydrogen-bond donors (Lipinski definition) is 2. The van der Waals surface area contributed by atoms with E-state index in [2.05, 4.69) is 46.3 Å². The number of amides is 1. The van der Waals surface area contributed by atoms with Crippen LogP contribution in [-0.2, 0) is 0 Å². The number of nitrogens with zero attached hydrogens (tertiary/aromatic N) is 2. The summed E-state index contributed by atoms with van der Waals surface area (Å²) in [6.07, 6.45) is 2.14. The lowest BCUT2D eigenvalue weighted by Crippen LogP contribution is -2.48. The Labute approximate surface area is 160 Å². The molecule has 3 atom stereocenters. The van der Waals surface area contributed by atoms with Crippen LogP contribution in [0.15, 0.2) is 40.9 Å². The van der Waals surface area contributed by atoms with Gasteiger partial charge in [-0.05, 0) is 30.2 Å². The van der Waals surface area contributed by atoms with Crippen molar-refractivity contribution in [2.24, 2.45) is 5.92 Å². The summed E-state index contributed by atoms with van der Waals surface area (Å²) in [5.74, 6) is 1.40. The molecule has 144 valence electrons. The van der Waals surface area contributed by atoms with Crippen molar-refractivity contribution in [2.45, 2.75) is 44.6 Å². The van der Waals surface area contributed by atoms with Crippen LogP contribution in [0.3, 0.4) is 0 Å². The Balaban J connectivity index is 1.46. The first kappa shape index (κ1) is 18.2. The first-order chi connectivity index (χ1) is 13.1. The Bertz CT molecular complexity index is 773. The minimum absolute atomic E-state index is 0.0404. The van der Waals surface area contributed by atoms with Crippen LogP contribution in [0, 0.1) is 5.92 Å². The van der Waals surface area contributed by atoms with Crippen molar-refractivity contribution < 1.29 is 9.32 Å². The molecule has 3 unspecified atom stereocenters. The smallest absolute Gasteiger partial charge is 0.292 e. The van der Waals surface area contributed by atoms with E-state index < -0.39 is 0 Å². The second-order valence-corrected chi connectivity index (χ2v) is 7.99. The summed E-state index contributed by atoms with van der Waals surface area (Å²) in [6, 6.07) is 12.7. The van der Waals surface area contributed by atoms with Crippen LogP contribution in [-0.4, -0.2) is 41.6 Å². The van der Waals surface area contributed by atoms with Crippen LogP contribution < -0.4 is 10.9 Å². The maximum Gasteiger partial charge on any atom is 0.292 e. The molecule has 1 aromatic carbocycles. The first-order valence-electron chi connectivity index (χ1n) is 9.92. The Hall–Kier alpha value is -2.18. The molecule has 0 aliphatic carbocycles. The number of hydrogen-bond acceptors (Lipinski definition) is 5. The average molecular weight is 368 g/mol.